The summed E-state index contributed by atoms with van der Waals surface area (Å²) in [5.74, 6) is 0. The number of anilines is 1. The molecule has 19 heavy (non-hydrogen) atoms. The minimum absolute atomic E-state index is 0.737. The van der Waals surface area contributed by atoms with Gasteiger partial charge in [-0.15, -0.1) is 0 Å². The highest BCUT2D eigenvalue weighted by molar-refractivity contribution is 6.03. The van der Waals surface area contributed by atoms with Crippen molar-refractivity contribution in [2.75, 3.05) is 5.73 Å². The van der Waals surface area contributed by atoms with Crippen LogP contribution >= 0.6 is 0 Å². The molecule has 0 radical (unpaired) electrons. The number of benzene rings is 2. The lowest BCUT2D eigenvalue weighted by molar-refractivity contribution is 1.02. The predicted octanol–water partition coefficient (Wildman–Crippen LogP) is 3.58. The van der Waals surface area contributed by atoms with E-state index < -0.39 is 0 Å². The first-order valence-corrected chi connectivity index (χ1v) is 6.58. The average Bonchev–Trinajstić information content (AvgIpc) is 2.86. The molecular formula is C17H14N2. The molecule has 2 N–H and O–H groups in total. The summed E-state index contributed by atoms with van der Waals surface area (Å²) in [6, 6.07) is 13.0. The van der Waals surface area contributed by atoms with Gasteiger partial charge in [0.15, 0.2) is 0 Å². The van der Waals surface area contributed by atoms with Crippen LogP contribution in [0.25, 0.3) is 21.9 Å². The van der Waals surface area contributed by atoms with Crippen molar-refractivity contribution in [2.45, 2.75) is 12.8 Å². The quantitative estimate of drug-likeness (QED) is 0.712. The second-order valence-electron chi connectivity index (χ2n) is 5.07. The molecule has 0 spiro atoms. The number of nitrogens with two attached hydrogens (primary N) is 1. The molecule has 1 aliphatic carbocycles. The molecule has 2 aromatic carbocycles. The van der Waals surface area contributed by atoms with Crippen LogP contribution in [-0.2, 0) is 12.8 Å². The Labute approximate surface area is 111 Å². The molecule has 92 valence electrons. The molecule has 2 nitrogen and oxygen atoms in total. The first-order chi connectivity index (χ1) is 9.34. The second-order valence-corrected chi connectivity index (χ2v) is 5.07. The molecule has 2 heteroatoms. The molecule has 0 aliphatic heterocycles. The van der Waals surface area contributed by atoms with Crippen LogP contribution < -0.4 is 5.73 Å². The molecular weight excluding hydrogens is 232 g/mol. The van der Waals surface area contributed by atoms with Gasteiger partial charge in [0.25, 0.3) is 0 Å². The maximum absolute atomic E-state index is 6.07. The largest absolute Gasteiger partial charge is 0.397 e. The SMILES string of the molecule is Nc1cnccc1-c1ccc2c3c(cccc13)CC2. The van der Waals surface area contributed by atoms with Crippen molar-refractivity contribution in [1.82, 2.24) is 4.98 Å². The zero-order chi connectivity index (χ0) is 12.8. The predicted molar refractivity (Wildman–Crippen MR) is 79.0 cm³/mol. The van der Waals surface area contributed by atoms with Crippen LogP contribution in [0, 0.1) is 0 Å². The standard InChI is InChI=1S/C17H14N2/c18-16-10-19-9-8-14(16)13-7-6-12-5-4-11-2-1-3-15(13)17(11)12/h1-3,6-10H,4-5,18H2. The fraction of sp³-hybridized carbons (Fsp3) is 0.118. The number of hydrogen-bond donors (Lipinski definition) is 1. The Balaban J connectivity index is 2.10. The van der Waals surface area contributed by atoms with Gasteiger partial charge in [-0.2, -0.15) is 0 Å². The van der Waals surface area contributed by atoms with E-state index in [0.29, 0.717) is 0 Å². The molecule has 4 rings (SSSR count). The molecule has 1 aliphatic rings. The molecule has 0 atom stereocenters. The number of hydrogen-bond acceptors (Lipinski definition) is 2. The van der Waals surface area contributed by atoms with E-state index in [4.69, 9.17) is 5.73 Å². The van der Waals surface area contributed by atoms with Gasteiger partial charge in [-0.25, -0.2) is 0 Å². The molecule has 0 bridgehead atoms. The van der Waals surface area contributed by atoms with Gasteiger partial charge in [0.2, 0.25) is 0 Å². The van der Waals surface area contributed by atoms with Gasteiger partial charge in [-0.3, -0.25) is 4.98 Å². The van der Waals surface area contributed by atoms with Crippen LogP contribution in [0.1, 0.15) is 11.1 Å². The lowest BCUT2D eigenvalue weighted by Gasteiger charge is -2.10. The summed E-state index contributed by atoms with van der Waals surface area (Å²) in [5, 5.41) is 2.74. The first-order valence-electron chi connectivity index (χ1n) is 6.58. The fourth-order valence-electron chi connectivity index (χ4n) is 3.13. The van der Waals surface area contributed by atoms with E-state index in [1.807, 2.05) is 6.07 Å². The smallest absolute Gasteiger partial charge is 0.0580 e. The van der Waals surface area contributed by atoms with Gasteiger partial charge in [0, 0.05) is 11.8 Å². The summed E-state index contributed by atoms with van der Waals surface area (Å²) in [6.45, 7) is 0. The van der Waals surface area contributed by atoms with Crippen molar-refractivity contribution in [3.05, 3.63) is 59.9 Å². The summed E-state index contributed by atoms with van der Waals surface area (Å²) in [6.07, 6.45) is 5.83. The maximum atomic E-state index is 6.07. The molecule has 0 saturated carbocycles. The molecule has 1 heterocycles. The third-order valence-electron chi connectivity index (χ3n) is 4.02. The van der Waals surface area contributed by atoms with Crippen LogP contribution in [-0.4, -0.2) is 4.98 Å². The van der Waals surface area contributed by atoms with Crippen molar-refractivity contribution in [3.63, 3.8) is 0 Å². The van der Waals surface area contributed by atoms with E-state index in [1.54, 1.807) is 12.4 Å². The van der Waals surface area contributed by atoms with Gasteiger partial charge in [-0.1, -0.05) is 30.3 Å². The highest BCUT2D eigenvalue weighted by Gasteiger charge is 2.16. The minimum atomic E-state index is 0.737. The number of aryl methyl sites for hydroxylation is 2. The third-order valence-corrected chi connectivity index (χ3v) is 4.02. The van der Waals surface area contributed by atoms with Crippen LogP contribution in [0.4, 0.5) is 5.69 Å². The van der Waals surface area contributed by atoms with Crippen LogP contribution in [0.15, 0.2) is 48.8 Å². The molecule has 3 aromatic rings. The highest BCUT2D eigenvalue weighted by atomic mass is 14.7. The number of nitrogens with zero attached hydrogens (tertiary/aromatic N) is 1. The second kappa shape index (κ2) is 3.82. The Kier molecular flexibility index (Phi) is 2.12. The van der Waals surface area contributed by atoms with Gasteiger partial charge >= 0.3 is 0 Å². The number of nitrogen functional groups attached to an aromatic ring is 1. The highest BCUT2D eigenvalue weighted by Crippen LogP contribution is 2.38. The monoisotopic (exact) mass is 246 g/mol. The Hall–Kier alpha value is -2.35. The van der Waals surface area contributed by atoms with Crippen molar-refractivity contribution >= 4 is 16.5 Å². The van der Waals surface area contributed by atoms with E-state index in [2.05, 4.69) is 35.3 Å². The van der Waals surface area contributed by atoms with Gasteiger partial charge in [-0.05, 0) is 46.4 Å². The topological polar surface area (TPSA) is 38.9 Å². The van der Waals surface area contributed by atoms with Gasteiger partial charge in [0.1, 0.15) is 0 Å². The van der Waals surface area contributed by atoms with Gasteiger partial charge in [0.05, 0.1) is 11.9 Å². The lowest BCUT2D eigenvalue weighted by atomic mass is 9.95. The summed E-state index contributed by atoms with van der Waals surface area (Å²) in [5.41, 5.74) is 12.0. The Morgan fingerprint density at radius 1 is 0.895 bits per heavy atom. The van der Waals surface area contributed by atoms with Crippen LogP contribution in [0.5, 0.6) is 0 Å². The molecule has 0 unspecified atom stereocenters. The van der Waals surface area contributed by atoms with E-state index in [-0.39, 0.29) is 0 Å². The van der Waals surface area contributed by atoms with Crippen molar-refractivity contribution in [3.8, 4) is 11.1 Å². The van der Waals surface area contributed by atoms with Crippen molar-refractivity contribution < 1.29 is 0 Å². The Bertz CT molecular complexity index is 780. The molecule has 0 saturated heterocycles. The van der Waals surface area contributed by atoms with Crippen LogP contribution in [0.2, 0.25) is 0 Å². The van der Waals surface area contributed by atoms with Gasteiger partial charge < -0.3 is 5.73 Å². The molecule has 1 aromatic heterocycles. The lowest BCUT2D eigenvalue weighted by Crippen LogP contribution is -1.92. The van der Waals surface area contributed by atoms with E-state index in [1.165, 1.54) is 27.5 Å². The zero-order valence-electron chi connectivity index (χ0n) is 10.6. The summed E-state index contributed by atoms with van der Waals surface area (Å²) in [7, 11) is 0. The minimum Gasteiger partial charge on any atom is -0.397 e. The zero-order valence-corrected chi connectivity index (χ0v) is 10.6. The van der Waals surface area contributed by atoms with Crippen molar-refractivity contribution in [2.24, 2.45) is 0 Å². The van der Waals surface area contributed by atoms with Crippen molar-refractivity contribution in [1.29, 1.82) is 0 Å². The summed E-state index contributed by atoms with van der Waals surface area (Å²) in [4.78, 5) is 4.07. The third kappa shape index (κ3) is 1.46. The number of rotatable bonds is 1. The number of pyridine rings is 1. The van der Waals surface area contributed by atoms with E-state index in [9.17, 15) is 0 Å². The van der Waals surface area contributed by atoms with E-state index in [0.717, 1.165) is 24.1 Å². The normalized spacial score (nSPS) is 13.1. The Morgan fingerprint density at radius 2 is 1.74 bits per heavy atom. The Morgan fingerprint density at radius 3 is 2.58 bits per heavy atom. The van der Waals surface area contributed by atoms with Crippen LogP contribution in [0.3, 0.4) is 0 Å². The number of aromatic nitrogens is 1. The summed E-state index contributed by atoms with van der Waals surface area (Å²) >= 11 is 0. The van der Waals surface area contributed by atoms with E-state index >= 15 is 0 Å². The molecule has 0 amide bonds. The fourth-order valence-corrected chi connectivity index (χ4v) is 3.13. The first kappa shape index (κ1) is 10.6. The average molecular weight is 246 g/mol. The molecule has 0 fully saturated rings. The maximum Gasteiger partial charge on any atom is 0.0580 e. The summed E-state index contributed by atoms with van der Waals surface area (Å²) < 4.78 is 0.